The number of ether oxygens (including phenoxy) is 2. The first kappa shape index (κ1) is 16.8. The van der Waals surface area contributed by atoms with E-state index < -0.39 is 34.6 Å². The van der Waals surface area contributed by atoms with E-state index in [9.17, 15) is 17.6 Å². The Balaban J connectivity index is 2.19. The molecule has 1 N–H and O–H groups in total. The fraction of sp³-hybridized carbons (Fsp3) is 0.467. The smallest absolute Gasteiger partial charge is 0.204 e. The SMILES string of the molecule is CCOc1c(F)c(F)c(/C=C/C[NH+]2CCOCC2)c(F)c1F. The lowest BCUT2D eigenvalue weighted by molar-refractivity contribution is -0.902. The Labute approximate surface area is 126 Å². The molecule has 22 heavy (non-hydrogen) atoms. The van der Waals surface area contributed by atoms with Crippen LogP contribution in [0.2, 0.25) is 0 Å². The fourth-order valence-electron chi connectivity index (χ4n) is 2.25. The van der Waals surface area contributed by atoms with Crippen LogP contribution in [0, 0.1) is 23.3 Å². The molecular formula is C15H18F4NO2+. The summed E-state index contributed by atoms with van der Waals surface area (Å²) in [5.41, 5.74) is -0.730. The summed E-state index contributed by atoms with van der Waals surface area (Å²) in [7, 11) is 0. The molecule has 1 saturated heterocycles. The van der Waals surface area contributed by atoms with Crippen LogP contribution >= 0.6 is 0 Å². The maximum absolute atomic E-state index is 13.9. The summed E-state index contributed by atoms with van der Waals surface area (Å²) in [6.07, 6.45) is 2.57. The largest absolute Gasteiger partial charge is 0.488 e. The van der Waals surface area contributed by atoms with E-state index in [2.05, 4.69) is 4.74 Å². The molecule has 0 saturated carbocycles. The summed E-state index contributed by atoms with van der Waals surface area (Å²) in [6.45, 7) is 4.67. The second kappa shape index (κ2) is 7.60. The highest BCUT2D eigenvalue weighted by molar-refractivity contribution is 5.53. The van der Waals surface area contributed by atoms with Crippen molar-refractivity contribution in [3.8, 4) is 5.75 Å². The second-order valence-corrected chi connectivity index (χ2v) is 4.90. The van der Waals surface area contributed by atoms with Gasteiger partial charge >= 0.3 is 0 Å². The van der Waals surface area contributed by atoms with E-state index >= 15 is 0 Å². The Morgan fingerprint density at radius 1 is 1.05 bits per heavy atom. The lowest BCUT2D eigenvalue weighted by Gasteiger charge is -2.22. The number of quaternary nitrogens is 1. The minimum absolute atomic E-state index is 0.0949. The molecule has 0 unspecified atom stereocenters. The topological polar surface area (TPSA) is 22.9 Å². The number of hydrogen-bond donors (Lipinski definition) is 1. The van der Waals surface area contributed by atoms with Gasteiger partial charge in [-0.3, -0.25) is 0 Å². The Bertz CT molecular complexity index is 528. The van der Waals surface area contributed by atoms with Crippen molar-refractivity contribution >= 4 is 6.08 Å². The summed E-state index contributed by atoms with van der Waals surface area (Å²) in [5, 5.41) is 0. The van der Waals surface area contributed by atoms with Gasteiger partial charge in [-0.25, -0.2) is 8.78 Å². The van der Waals surface area contributed by atoms with Gasteiger partial charge in [0.1, 0.15) is 13.1 Å². The van der Waals surface area contributed by atoms with E-state index in [1.807, 2.05) is 0 Å². The van der Waals surface area contributed by atoms with E-state index in [-0.39, 0.29) is 6.61 Å². The quantitative estimate of drug-likeness (QED) is 0.657. The molecule has 1 aliphatic rings. The number of nitrogens with one attached hydrogen (secondary N) is 1. The van der Waals surface area contributed by atoms with Gasteiger partial charge in [-0.2, -0.15) is 8.78 Å². The van der Waals surface area contributed by atoms with Crippen molar-refractivity contribution in [1.82, 2.24) is 0 Å². The minimum Gasteiger partial charge on any atom is -0.488 e. The van der Waals surface area contributed by atoms with E-state index in [1.165, 1.54) is 17.9 Å². The molecule has 122 valence electrons. The van der Waals surface area contributed by atoms with Crippen LogP contribution in [0.4, 0.5) is 17.6 Å². The number of halogens is 4. The number of rotatable bonds is 5. The van der Waals surface area contributed by atoms with Crippen LogP contribution in [-0.2, 0) is 4.74 Å². The van der Waals surface area contributed by atoms with Crippen molar-refractivity contribution < 1.29 is 31.9 Å². The van der Waals surface area contributed by atoms with Gasteiger partial charge in [0, 0.05) is 0 Å². The van der Waals surface area contributed by atoms with Crippen molar-refractivity contribution in [2.75, 3.05) is 39.5 Å². The number of morpholine rings is 1. The van der Waals surface area contributed by atoms with Crippen LogP contribution in [0.1, 0.15) is 12.5 Å². The third kappa shape index (κ3) is 3.59. The highest BCUT2D eigenvalue weighted by atomic mass is 19.2. The first-order valence-corrected chi connectivity index (χ1v) is 7.12. The summed E-state index contributed by atoms with van der Waals surface area (Å²) >= 11 is 0. The van der Waals surface area contributed by atoms with Crippen LogP contribution in [0.15, 0.2) is 6.08 Å². The molecule has 1 fully saturated rings. The van der Waals surface area contributed by atoms with Crippen LogP contribution in [-0.4, -0.2) is 39.5 Å². The highest BCUT2D eigenvalue weighted by Gasteiger charge is 2.25. The molecule has 0 amide bonds. The Morgan fingerprint density at radius 3 is 2.18 bits per heavy atom. The molecule has 1 aliphatic heterocycles. The number of hydrogen-bond acceptors (Lipinski definition) is 2. The molecule has 0 radical (unpaired) electrons. The maximum atomic E-state index is 13.9. The molecule has 0 aromatic heterocycles. The standard InChI is InChI=1S/C15H17F4NO2/c1-2-22-15-13(18)11(16)10(12(17)14(15)19)4-3-5-20-6-8-21-9-7-20/h3-4H,2,5-9H2,1H3/p+1/b4-3+. The average molecular weight is 320 g/mol. The summed E-state index contributed by atoms with van der Waals surface area (Å²) < 4.78 is 64.9. The molecule has 0 bridgehead atoms. The van der Waals surface area contributed by atoms with Crippen LogP contribution < -0.4 is 9.64 Å². The predicted octanol–water partition coefficient (Wildman–Crippen LogP) is 1.57. The molecule has 3 nitrogen and oxygen atoms in total. The Hall–Kier alpha value is -1.60. The zero-order valence-corrected chi connectivity index (χ0v) is 12.2. The van der Waals surface area contributed by atoms with Gasteiger partial charge in [0.25, 0.3) is 0 Å². The first-order valence-electron chi connectivity index (χ1n) is 7.12. The lowest BCUT2D eigenvalue weighted by atomic mass is 10.1. The predicted molar refractivity (Wildman–Crippen MR) is 72.9 cm³/mol. The molecule has 2 rings (SSSR count). The van der Waals surface area contributed by atoms with Crippen LogP contribution in [0.5, 0.6) is 5.75 Å². The summed E-state index contributed by atoms with van der Waals surface area (Å²) in [4.78, 5) is 1.18. The van der Waals surface area contributed by atoms with E-state index in [4.69, 9.17) is 4.74 Å². The van der Waals surface area contributed by atoms with Crippen molar-refractivity contribution in [3.63, 3.8) is 0 Å². The average Bonchev–Trinajstić information content (AvgIpc) is 2.54. The van der Waals surface area contributed by atoms with Gasteiger partial charge in [-0.1, -0.05) is 0 Å². The normalized spacial score (nSPS) is 16.4. The highest BCUT2D eigenvalue weighted by Crippen LogP contribution is 2.30. The number of benzene rings is 1. The zero-order valence-electron chi connectivity index (χ0n) is 12.2. The lowest BCUT2D eigenvalue weighted by Crippen LogP contribution is -3.13. The third-order valence-electron chi connectivity index (χ3n) is 3.44. The van der Waals surface area contributed by atoms with Crippen molar-refractivity contribution in [1.29, 1.82) is 0 Å². The Morgan fingerprint density at radius 2 is 1.64 bits per heavy atom. The Kier molecular flexibility index (Phi) is 5.79. The van der Waals surface area contributed by atoms with Crippen molar-refractivity contribution in [2.45, 2.75) is 6.92 Å². The molecule has 0 atom stereocenters. The monoisotopic (exact) mass is 320 g/mol. The maximum Gasteiger partial charge on any atom is 0.204 e. The van der Waals surface area contributed by atoms with Crippen molar-refractivity contribution in [2.24, 2.45) is 0 Å². The zero-order chi connectivity index (χ0) is 16.1. The second-order valence-electron chi connectivity index (χ2n) is 4.90. The molecule has 0 aliphatic carbocycles. The van der Waals surface area contributed by atoms with E-state index in [1.54, 1.807) is 0 Å². The fourth-order valence-corrected chi connectivity index (χ4v) is 2.25. The van der Waals surface area contributed by atoms with Gasteiger partial charge in [0.15, 0.2) is 17.4 Å². The van der Waals surface area contributed by atoms with E-state index in [0.717, 1.165) is 19.2 Å². The van der Waals surface area contributed by atoms with Gasteiger partial charge in [0.05, 0.1) is 31.9 Å². The summed E-state index contributed by atoms with van der Waals surface area (Å²) in [5.74, 6) is -6.95. The molecule has 1 aromatic carbocycles. The van der Waals surface area contributed by atoms with Crippen LogP contribution in [0.25, 0.3) is 6.08 Å². The van der Waals surface area contributed by atoms with Crippen molar-refractivity contribution in [3.05, 3.63) is 34.9 Å². The summed E-state index contributed by atoms with van der Waals surface area (Å²) in [6, 6.07) is 0. The van der Waals surface area contributed by atoms with E-state index in [0.29, 0.717) is 19.8 Å². The molecule has 0 spiro atoms. The molecule has 1 aromatic rings. The van der Waals surface area contributed by atoms with Gasteiger partial charge in [-0.15, -0.1) is 0 Å². The van der Waals surface area contributed by atoms with Gasteiger partial charge in [0.2, 0.25) is 11.6 Å². The molecule has 7 heteroatoms. The minimum atomic E-state index is -1.51. The van der Waals surface area contributed by atoms with Gasteiger partial charge < -0.3 is 14.4 Å². The van der Waals surface area contributed by atoms with Crippen LogP contribution in [0.3, 0.4) is 0 Å². The molecule has 1 heterocycles. The first-order chi connectivity index (χ1) is 10.6. The molecular weight excluding hydrogens is 302 g/mol. The third-order valence-corrected chi connectivity index (χ3v) is 3.44. The van der Waals surface area contributed by atoms with Gasteiger partial charge in [-0.05, 0) is 19.1 Å².